The number of ether oxygens (including phenoxy) is 1. The van der Waals surface area contributed by atoms with Crippen molar-refractivity contribution in [1.29, 1.82) is 0 Å². The molecule has 1 aliphatic heterocycles. The van der Waals surface area contributed by atoms with Crippen LogP contribution in [0.5, 0.6) is 0 Å². The van der Waals surface area contributed by atoms with Gasteiger partial charge >= 0.3 is 0 Å². The van der Waals surface area contributed by atoms with E-state index in [4.69, 9.17) is 4.74 Å². The summed E-state index contributed by atoms with van der Waals surface area (Å²) in [6, 6.07) is 2.71. The Kier molecular flexibility index (Phi) is 4.46. The fourth-order valence-corrected chi connectivity index (χ4v) is 4.38. The van der Waals surface area contributed by atoms with Gasteiger partial charge in [-0.3, -0.25) is 0 Å². The van der Waals surface area contributed by atoms with Crippen molar-refractivity contribution in [1.82, 2.24) is 5.32 Å². The smallest absolute Gasteiger partial charge is 0.0815 e. The molecule has 2 aliphatic rings. The normalized spacial score (nSPS) is 23.3. The van der Waals surface area contributed by atoms with Gasteiger partial charge in [0.2, 0.25) is 0 Å². The van der Waals surface area contributed by atoms with Gasteiger partial charge in [0.25, 0.3) is 0 Å². The highest BCUT2D eigenvalue weighted by molar-refractivity contribution is 7.12. The molecular formula is C16H25NO2S. The number of aryl methyl sites for hydroxylation is 2. The first kappa shape index (κ1) is 14.5. The SMILES string of the molecule is CC(NCC1(O)CCOCC1)c1cc2c(s1)CCCC2. The second-order valence-electron chi connectivity index (χ2n) is 6.24. The van der Waals surface area contributed by atoms with Crippen LogP contribution in [0.1, 0.15) is 54.0 Å². The van der Waals surface area contributed by atoms with Crippen LogP contribution >= 0.6 is 11.3 Å². The molecule has 3 nitrogen and oxygen atoms in total. The predicted octanol–water partition coefficient (Wildman–Crippen LogP) is 2.82. The lowest BCUT2D eigenvalue weighted by atomic mass is 9.94. The summed E-state index contributed by atoms with van der Waals surface area (Å²) in [5.74, 6) is 0. The molecule has 1 atom stereocenters. The van der Waals surface area contributed by atoms with Crippen LogP contribution in [0.25, 0.3) is 0 Å². The fourth-order valence-electron chi connectivity index (χ4n) is 3.10. The minimum absolute atomic E-state index is 0.331. The molecule has 2 N–H and O–H groups in total. The maximum absolute atomic E-state index is 10.5. The first-order valence-corrected chi connectivity index (χ1v) is 8.63. The van der Waals surface area contributed by atoms with Crippen molar-refractivity contribution in [3.63, 3.8) is 0 Å². The first-order valence-electron chi connectivity index (χ1n) is 7.81. The number of rotatable bonds is 4. The maximum atomic E-state index is 10.5. The topological polar surface area (TPSA) is 41.5 Å². The van der Waals surface area contributed by atoms with Crippen LogP contribution in [0.4, 0.5) is 0 Å². The zero-order valence-corrected chi connectivity index (χ0v) is 13.1. The van der Waals surface area contributed by atoms with Crippen molar-refractivity contribution in [3.8, 4) is 0 Å². The maximum Gasteiger partial charge on any atom is 0.0815 e. The third-order valence-electron chi connectivity index (χ3n) is 4.60. The molecule has 0 amide bonds. The van der Waals surface area contributed by atoms with Gasteiger partial charge in [0.15, 0.2) is 0 Å². The standard InChI is InChI=1S/C16H25NO2S/c1-12(17-11-16(18)6-8-19-9-7-16)15-10-13-4-2-3-5-14(13)20-15/h10,12,17-18H,2-9,11H2,1H3. The molecule has 1 aromatic heterocycles. The largest absolute Gasteiger partial charge is 0.388 e. The number of hydrogen-bond acceptors (Lipinski definition) is 4. The Morgan fingerprint density at radius 3 is 2.85 bits per heavy atom. The van der Waals surface area contributed by atoms with E-state index in [0.717, 1.165) is 12.8 Å². The van der Waals surface area contributed by atoms with Crippen LogP contribution in [0.15, 0.2) is 6.07 Å². The number of nitrogens with one attached hydrogen (secondary N) is 1. The average Bonchev–Trinajstić information content (AvgIpc) is 2.89. The zero-order chi connectivity index (χ0) is 14.0. The van der Waals surface area contributed by atoms with Crippen LogP contribution < -0.4 is 5.32 Å². The number of aliphatic hydroxyl groups is 1. The van der Waals surface area contributed by atoms with Gasteiger partial charge in [-0.05, 0) is 44.2 Å². The van der Waals surface area contributed by atoms with Crippen LogP contribution in [0.3, 0.4) is 0 Å². The Hall–Kier alpha value is -0.420. The van der Waals surface area contributed by atoms with Gasteiger partial charge in [0.1, 0.15) is 0 Å². The molecule has 1 aliphatic carbocycles. The second kappa shape index (κ2) is 6.14. The van der Waals surface area contributed by atoms with Gasteiger partial charge in [-0.15, -0.1) is 11.3 Å². The minimum atomic E-state index is -0.580. The Labute approximate surface area is 125 Å². The van der Waals surface area contributed by atoms with Gasteiger partial charge in [-0.2, -0.15) is 0 Å². The third kappa shape index (κ3) is 3.25. The summed E-state index contributed by atoms with van der Waals surface area (Å²) in [6.07, 6.45) is 6.67. The first-order chi connectivity index (χ1) is 9.66. The lowest BCUT2D eigenvalue weighted by Crippen LogP contribution is -2.45. The molecule has 0 radical (unpaired) electrons. The van der Waals surface area contributed by atoms with E-state index in [1.54, 1.807) is 10.4 Å². The Bertz CT molecular complexity index is 428. The van der Waals surface area contributed by atoms with Crippen molar-refractivity contribution in [3.05, 3.63) is 21.4 Å². The lowest BCUT2D eigenvalue weighted by Gasteiger charge is -2.33. The van der Waals surface area contributed by atoms with E-state index in [9.17, 15) is 5.11 Å². The van der Waals surface area contributed by atoms with Crippen molar-refractivity contribution < 1.29 is 9.84 Å². The van der Waals surface area contributed by atoms with E-state index in [0.29, 0.717) is 25.8 Å². The Balaban J connectivity index is 1.58. The molecule has 1 unspecified atom stereocenters. The van der Waals surface area contributed by atoms with E-state index in [2.05, 4.69) is 18.3 Å². The molecule has 20 heavy (non-hydrogen) atoms. The molecule has 1 fully saturated rings. The van der Waals surface area contributed by atoms with E-state index in [1.165, 1.54) is 30.6 Å². The summed E-state index contributed by atoms with van der Waals surface area (Å²) in [5, 5.41) is 14.0. The van der Waals surface area contributed by atoms with Gasteiger partial charge in [0, 0.05) is 48.4 Å². The van der Waals surface area contributed by atoms with Gasteiger partial charge in [-0.1, -0.05) is 0 Å². The Morgan fingerprint density at radius 1 is 1.35 bits per heavy atom. The number of hydrogen-bond donors (Lipinski definition) is 2. The Morgan fingerprint density at radius 2 is 2.10 bits per heavy atom. The molecule has 1 saturated heterocycles. The monoisotopic (exact) mass is 295 g/mol. The highest BCUT2D eigenvalue weighted by Gasteiger charge is 2.30. The molecule has 4 heteroatoms. The highest BCUT2D eigenvalue weighted by atomic mass is 32.1. The summed E-state index contributed by atoms with van der Waals surface area (Å²) in [7, 11) is 0. The van der Waals surface area contributed by atoms with Crippen molar-refractivity contribution in [2.45, 2.75) is 57.1 Å². The predicted molar refractivity (Wildman–Crippen MR) is 82.4 cm³/mol. The van der Waals surface area contributed by atoms with Crippen LogP contribution in [-0.2, 0) is 17.6 Å². The molecule has 3 rings (SSSR count). The number of fused-ring (bicyclic) bond motifs is 1. The van der Waals surface area contributed by atoms with E-state index >= 15 is 0 Å². The number of thiophene rings is 1. The lowest BCUT2D eigenvalue weighted by molar-refractivity contribution is -0.0625. The van der Waals surface area contributed by atoms with E-state index in [1.807, 2.05) is 11.3 Å². The highest BCUT2D eigenvalue weighted by Crippen LogP contribution is 2.33. The van der Waals surface area contributed by atoms with Gasteiger partial charge < -0.3 is 15.2 Å². The van der Waals surface area contributed by atoms with Crippen LogP contribution in [0, 0.1) is 0 Å². The van der Waals surface area contributed by atoms with Gasteiger partial charge in [0.05, 0.1) is 5.60 Å². The molecule has 0 saturated carbocycles. The second-order valence-corrected chi connectivity index (χ2v) is 7.41. The van der Waals surface area contributed by atoms with Crippen molar-refractivity contribution in [2.24, 2.45) is 0 Å². The molecule has 0 bridgehead atoms. The third-order valence-corrected chi connectivity index (χ3v) is 6.02. The average molecular weight is 295 g/mol. The van der Waals surface area contributed by atoms with Gasteiger partial charge in [-0.25, -0.2) is 0 Å². The molecule has 0 spiro atoms. The van der Waals surface area contributed by atoms with Crippen molar-refractivity contribution >= 4 is 11.3 Å². The summed E-state index contributed by atoms with van der Waals surface area (Å²) in [6.45, 7) is 4.24. The molecule has 1 aromatic rings. The summed E-state index contributed by atoms with van der Waals surface area (Å²) in [4.78, 5) is 3.01. The van der Waals surface area contributed by atoms with Crippen molar-refractivity contribution in [2.75, 3.05) is 19.8 Å². The van der Waals surface area contributed by atoms with E-state index < -0.39 is 5.60 Å². The van der Waals surface area contributed by atoms with Crippen LogP contribution in [-0.4, -0.2) is 30.5 Å². The zero-order valence-electron chi connectivity index (χ0n) is 12.3. The molecule has 112 valence electrons. The molecule has 0 aromatic carbocycles. The summed E-state index contributed by atoms with van der Waals surface area (Å²) in [5.41, 5.74) is 0.985. The van der Waals surface area contributed by atoms with E-state index in [-0.39, 0.29) is 0 Å². The molecule has 2 heterocycles. The van der Waals surface area contributed by atoms with Crippen LogP contribution in [0.2, 0.25) is 0 Å². The fraction of sp³-hybridized carbons (Fsp3) is 0.750. The summed E-state index contributed by atoms with van der Waals surface area (Å²) < 4.78 is 5.33. The molecular weight excluding hydrogens is 270 g/mol. The quantitative estimate of drug-likeness (QED) is 0.897. The minimum Gasteiger partial charge on any atom is -0.388 e. The summed E-state index contributed by atoms with van der Waals surface area (Å²) >= 11 is 1.96.